The molecule has 0 unspecified atom stereocenters. The van der Waals surface area contributed by atoms with Crippen LogP contribution in [0.2, 0.25) is 0 Å². The van der Waals surface area contributed by atoms with Crippen LogP contribution in [0.1, 0.15) is 0 Å². The first-order valence-corrected chi connectivity index (χ1v) is 15.9. The maximum absolute atomic E-state index is 5.14. The first-order chi connectivity index (χ1) is 22.3. The van der Waals surface area contributed by atoms with Crippen molar-refractivity contribution in [2.75, 3.05) is 0 Å². The maximum atomic E-state index is 5.14. The van der Waals surface area contributed by atoms with Crippen LogP contribution in [0.5, 0.6) is 0 Å². The molecule has 0 radical (unpaired) electrons. The summed E-state index contributed by atoms with van der Waals surface area (Å²) in [5, 5.41) is 4.84. The highest BCUT2D eigenvalue weighted by molar-refractivity contribution is 7.99. The van der Waals surface area contributed by atoms with E-state index in [4.69, 9.17) is 9.97 Å². The van der Waals surface area contributed by atoms with Gasteiger partial charge >= 0.3 is 0 Å². The molecule has 0 saturated carbocycles. The molecular formula is C40H24N4S. The molecule has 0 amide bonds. The largest absolute Gasteiger partial charge is 0.317 e. The molecule has 0 aliphatic carbocycles. The van der Waals surface area contributed by atoms with E-state index in [0.717, 1.165) is 33.7 Å². The summed E-state index contributed by atoms with van der Waals surface area (Å²) >= 11 is 1.79. The fourth-order valence-electron chi connectivity index (χ4n) is 6.88. The zero-order valence-electron chi connectivity index (χ0n) is 24.1. The van der Waals surface area contributed by atoms with E-state index in [-0.39, 0.29) is 0 Å². The molecule has 5 heteroatoms. The lowest BCUT2D eigenvalue weighted by Crippen LogP contribution is -2.00. The van der Waals surface area contributed by atoms with E-state index in [1.807, 2.05) is 0 Å². The minimum atomic E-state index is 0.746. The number of hydrogen-bond acceptors (Lipinski definition) is 3. The maximum Gasteiger partial charge on any atom is 0.160 e. The Labute approximate surface area is 263 Å². The summed E-state index contributed by atoms with van der Waals surface area (Å²) in [4.78, 5) is 12.6. The van der Waals surface area contributed by atoms with E-state index in [9.17, 15) is 0 Å². The second-order valence-corrected chi connectivity index (χ2v) is 12.6. The van der Waals surface area contributed by atoms with Gasteiger partial charge in [0, 0.05) is 60.0 Å². The smallest absolute Gasteiger partial charge is 0.160 e. The lowest BCUT2D eigenvalue weighted by molar-refractivity contribution is 1.13. The van der Waals surface area contributed by atoms with Crippen molar-refractivity contribution in [1.29, 1.82) is 0 Å². The van der Waals surface area contributed by atoms with Gasteiger partial charge in [0.2, 0.25) is 0 Å². The molecule has 0 atom stereocenters. The van der Waals surface area contributed by atoms with Gasteiger partial charge in [0.25, 0.3) is 0 Å². The molecular weight excluding hydrogens is 569 g/mol. The summed E-state index contributed by atoms with van der Waals surface area (Å²) in [6.45, 7) is 0. The molecule has 3 aromatic heterocycles. The number of rotatable bonds is 3. The number of para-hydroxylation sites is 2. The molecule has 210 valence electrons. The molecule has 0 fully saturated rings. The lowest BCUT2D eigenvalue weighted by atomic mass is 10.0. The van der Waals surface area contributed by atoms with E-state index >= 15 is 0 Å². The van der Waals surface area contributed by atoms with Crippen LogP contribution in [-0.2, 0) is 0 Å². The van der Waals surface area contributed by atoms with Crippen molar-refractivity contribution >= 4 is 55.4 Å². The van der Waals surface area contributed by atoms with Crippen molar-refractivity contribution in [2.24, 2.45) is 0 Å². The van der Waals surface area contributed by atoms with E-state index in [0.29, 0.717) is 0 Å². The fourth-order valence-corrected chi connectivity index (χ4v) is 7.99. The summed E-state index contributed by atoms with van der Waals surface area (Å²) in [7, 11) is 0. The van der Waals surface area contributed by atoms with Gasteiger partial charge in [-0.1, -0.05) is 72.4 Å². The van der Waals surface area contributed by atoms with Crippen LogP contribution in [0, 0.1) is 0 Å². The van der Waals surface area contributed by atoms with Gasteiger partial charge in [0.1, 0.15) is 0 Å². The number of nitrogens with zero attached hydrogens (tertiary/aromatic N) is 4. The van der Waals surface area contributed by atoms with Gasteiger partial charge in [-0.2, -0.15) is 0 Å². The third kappa shape index (κ3) is 3.68. The summed E-state index contributed by atoms with van der Waals surface area (Å²) in [5.74, 6) is 0.746. The van der Waals surface area contributed by atoms with Crippen molar-refractivity contribution in [1.82, 2.24) is 19.1 Å². The summed E-state index contributed by atoms with van der Waals surface area (Å²) in [5.41, 5.74) is 10.0. The molecule has 1 aliphatic heterocycles. The minimum Gasteiger partial charge on any atom is -0.317 e. The minimum absolute atomic E-state index is 0.746. The predicted octanol–water partition coefficient (Wildman–Crippen LogP) is 10.5. The van der Waals surface area contributed by atoms with Crippen molar-refractivity contribution < 1.29 is 0 Å². The number of aromatic nitrogens is 4. The lowest BCUT2D eigenvalue weighted by Gasteiger charge is -2.19. The second kappa shape index (κ2) is 9.42. The Hall–Kier alpha value is -5.65. The molecule has 0 N–H and O–H groups in total. The fraction of sp³-hybridized carbons (Fsp3) is 0. The number of fused-ring (bicyclic) bond motifs is 6. The predicted molar refractivity (Wildman–Crippen MR) is 186 cm³/mol. The second-order valence-electron chi connectivity index (χ2n) is 11.5. The normalized spacial score (nSPS) is 12.4. The van der Waals surface area contributed by atoms with Crippen molar-refractivity contribution in [2.45, 2.75) is 9.79 Å². The molecule has 45 heavy (non-hydrogen) atoms. The molecule has 0 saturated heterocycles. The van der Waals surface area contributed by atoms with Gasteiger partial charge in [-0.3, -0.25) is 0 Å². The number of hydrogen-bond donors (Lipinski definition) is 0. The van der Waals surface area contributed by atoms with E-state index in [1.54, 1.807) is 11.8 Å². The van der Waals surface area contributed by atoms with Crippen LogP contribution in [-0.4, -0.2) is 19.1 Å². The van der Waals surface area contributed by atoms with Crippen LogP contribution in [0.4, 0.5) is 0 Å². The van der Waals surface area contributed by atoms with Gasteiger partial charge in [0.05, 0.1) is 27.8 Å². The molecule has 1 aliphatic rings. The highest BCUT2D eigenvalue weighted by Gasteiger charge is 2.22. The number of benzene rings is 6. The van der Waals surface area contributed by atoms with Crippen molar-refractivity contribution in [3.63, 3.8) is 0 Å². The first kappa shape index (κ1) is 24.8. The van der Waals surface area contributed by atoms with E-state index < -0.39 is 0 Å². The summed E-state index contributed by atoms with van der Waals surface area (Å²) < 4.78 is 4.64. The Kier molecular flexibility index (Phi) is 5.18. The first-order valence-electron chi connectivity index (χ1n) is 15.1. The van der Waals surface area contributed by atoms with Gasteiger partial charge in [-0.15, -0.1) is 0 Å². The highest BCUT2D eigenvalue weighted by Crippen LogP contribution is 2.47. The van der Waals surface area contributed by atoms with E-state index in [1.165, 1.54) is 53.8 Å². The Morgan fingerprint density at radius 2 is 1.33 bits per heavy atom. The SMILES string of the molecule is c1ccc(-n2c3ccccc3c3cc4c(ccn4-c4ccc(-c5nc6c7c(cccc7n5)Sc5ccccc5-6)cc4)cc32)cc1. The van der Waals surface area contributed by atoms with Gasteiger partial charge in [0.15, 0.2) is 5.82 Å². The van der Waals surface area contributed by atoms with Gasteiger partial charge in [-0.05, 0) is 78.9 Å². The van der Waals surface area contributed by atoms with Crippen molar-refractivity contribution in [3.8, 4) is 34.0 Å². The van der Waals surface area contributed by atoms with Crippen LogP contribution in [0.25, 0.3) is 77.6 Å². The van der Waals surface area contributed by atoms with Crippen molar-refractivity contribution in [3.05, 3.63) is 146 Å². The summed E-state index contributed by atoms with van der Waals surface area (Å²) in [6.07, 6.45) is 2.17. The van der Waals surface area contributed by atoms with Gasteiger partial charge in [-0.25, -0.2) is 9.97 Å². The highest BCUT2D eigenvalue weighted by atomic mass is 32.2. The third-order valence-corrected chi connectivity index (χ3v) is 10.1. The molecule has 0 spiro atoms. The molecule has 9 aromatic rings. The van der Waals surface area contributed by atoms with Crippen LogP contribution in [0.15, 0.2) is 156 Å². The summed E-state index contributed by atoms with van der Waals surface area (Å²) in [6, 6.07) is 49.7. The molecule has 6 aromatic carbocycles. The molecule has 10 rings (SSSR count). The van der Waals surface area contributed by atoms with Gasteiger partial charge < -0.3 is 9.13 Å². The Bertz CT molecular complexity index is 2610. The average Bonchev–Trinajstić information content (AvgIpc) is 3.66. The topological polar surface area (TPSA) is 35.6 Å². The zero-order valence-corrected chi connectivity index (χ0v) is 24.9. The quantitative estimate of drug-likeness (QED) is 0.205. The third-order valence-electron chi connectivity index (χ3n) is 8.95. The Morgan fingerprint density at radius 1 is 0.533 bits per heavy atom. The monoisotopic (exact) mass is 592 g/mol. The average molecular weight is 593 g/mol. The van der Waals surface area contributed by atoms with E-state index in [2.05, 4.69) is 155 Å². The zero-order chi connectivity index (χ0) is 29.5. The Balaban J connectivity index is 1.10. The molecule has 0 bridgehead atoms. The standard InChI is InChI=1S/C40H24N4S/c1-2-9-28(10-3-1)44-33-14-6-4-11-29(33)31-24-34-26(23-35(31)44)21-22-43(34)27-19-17-25(18-20-27)40-41-32-13-8-16-37-38(32)39(42-40)30-12-5-7-15-36(30)45-37/h1-24H. The van der Waals surface area contributed by atoms with Crippen LogP contribution in [0.3, 0.4) is 0 Å². The van der Waals surface area contributed by atoms with Crippen LogP contribution >= 0.6 is 11.8 Å². The Morgan fingerprint density at radius 3 is 2.24 bits per heavy atom. The molecule has 4 heterocycles. The molecule has 4 nitrogen and oxygen atoms in total. The van der Waals surface area contributed by atoms with Crippen LogP contribution < -0.4 is 0 Å².